The van der Waals surface area contributed by atoms with Gasteiger partial charge in [-0.3, -0.25) is 0 Å². The summed E-state index contributed by atoms with van der Waals surface area (Å²) in [6, 6.07) is 0. The van der Waals surface area contributed by atoms with Crippen LogP contribution < -0.4 is 0 Å². The molecule has 0 amide bonds. The van der Waals surface area contributed by atoms with Gasteiger partial charge in [0.1, 0.15) is 0 Å². The van der Waals surface area contributed by atoms with E-state index in [9.17, 15) is 5.11 Å². The van der Waals surface area contributed by atoms with E-state index in [2.05, 4.69) is 20.8 Å². The van der Waals surface area contributed by atoms with Gasteiger partial charge in [0.2, 0.25) is 0 Å². The Hall–Kier alpha value is -0.0400. The Morgan fingerprint density at radius 2 is 1.17 bits per heavy atom. The van der Waals surface area contributed by atoms with Gasteiger partial charge >= 0.3 is 0 Å². The number of unbranched alkanes of at least 4 members (excludes halogenated alkanes) is 9. The third kappa shape index (κ3) is 9.94. The quantitative estimate of drug-likeness (QED) is 0.444. The van der Waals surface area contributed by atoms with Crippen LogP contribution in [-0.2, 0) is 0 Å². The Balaban J connectivity index is 3.21. The molecule has 18 heavy (non-hydrogen) atoms. The van der Waals surface area contributed by atoms with Gasteiger partial charge in [-0.15, -0.1) is 0 Å². The lowest BCUT2D eigenvalue weighted by Crippen LogP contribution is -2.26. The molecule has 0 heterocycles. The van der Waals surface area contributed by atoms with Gasteiger partial charge in [0.25, 0.3) is 0 Å². The van der Waals surface area contributed by atoms with Crippen LogP contribution >= 0.6 is 0 Å². The Morgan fingerprint density at radius 1 is 0.778 bits per heavy atom. The number of aliphatic hydroxyl groups excluding tert-OH is 1. The van der Waals surface area contributed by atoms with Crippen LogP contribution in [0.1, 0.15) is 98.3 Å². The second-order valence-corrected chi connectivity index (χ2v) is 6.60. The summed E-state index contributed by atoms with van der Waals surface area (Å²) < 4.78 is 0. The lowest BCUT2D eigenvalue weighted by molar-refractivity contribution is 0.0577. The van der Waals surface area contributed by atoms with Crippen molar-refractivity contribution in [1.82, 2.24) is 0 Å². The normalized spacial score (nSPS) is 13.8. The molecule has 0 aliphatic heterocycles. The lowest BCUT2D eigenvalue weighted by Gasteiger charge is -2.27. The van der Waals surface area contributed by atoms with E-state index in [1.807, 2.05) is 6.92 Å². The first-order chi connectivity index (χ1) is 8.50. The van der Waals surface area contributed by atoms with E-state index in [0.717, 1.165) is 6.42 Å². The highest BCUT2D eigenvalue weighted by Gasteiger charge is 2.22. The van der Waals surface area contributed by atoms with Gasteiger partial charge in [0.05, 0.1) is 6.10 Å². The molecule has 1 N–H and O–H groups in total. The maximum atomic E-state index is 9.62. The molecule has 1 atom stereocenters. The summed E-state index contributed by atoms with van der Waals surface area (Å²) in [6.07, 6.45) is 14.8. The summed E-state index contributed by atoms with van der Waals surface area (Å²) in [6.45, 7) is 8.53. The van der Waals surface area contributed by atoms with Crippen LogP contribution in [0.4, 0.5) is 0 Å². The second kappa shape index (κ2) is 10.8. The van der Waals surface area contributed by atoms with Crippen molar-refractivity contribution in [3.63, 3.8) is 0 Å². The number of rotatable bonds is 12. The average molecular weight is 256 g/mol. The van der Waals surface area contributed by atoms with Crippen molar-refractivity contribution < 1.29 is 5.11 Å². The summed E-state index contributed by atoms with van der Waals surface area (Å²) in [5.41, 5.74) is 0.0974. The standard InChI is InChI=1S/C17H36O/c1-5-6-7-8-9-10-11-12-13-14-15-17(3,4)16(2)18/h16,18H,5-15H2,1-4H3. The molecule has 0 spiro atoms. The minimum Gasteiger partial charge on any atom is -0.393 e. The minimum atomic E-state index is -0.184. The maximum Gasteiger partial charge on any atom is 0.0563 e. The lowest BCUT2D eigenvalue weighted by atomic mass is 9.82. The summed E-state index contributed by atoms with van der Waals surface area (Å²) in [5, 5.41) is 9.62. The molecule has 0 aromatic heterocycles. The van der Waals surface area contributed by atoms with Crippen LogP contribution in [0.2, 0.25) is 0 Å². The van der Waals surface area contributed by atoms with Crippen molar-refractivity contribution in [2.24, 2.45) is 5.41 Å². The van der Waals surface area contributed by atoms with Crippen molar-refractivity contribution in [1.29, 1.82) is 0 Å². The van der Waals surface area contributed by atoms with Crippen molar-refractivity contribution in [3.8, 4) is 0 Å². The van der Waals surface area contributed by atoms with E-state index in [1.54, 1.807) is 0 Å². The molecule has 110 valence electrons. The molecule has 0 aromatic carbocycles. The van der Waals surface area contributed by atoms with E-state index in [1.165, 1.54) is 64.2 Å². The summed E-state index contributed by atoms with van der Waals surface area (Å²) in [4.78, 5) is 0. The van der Waals surface area contributed by atoms with E-state index in [-0.39, 0.29) is 11.5 Å². The zero-order valence-electron chi connectivity index (χ0n) is 13.3. The fraction of sp³-hybridized carbons (Fsp3) is 1.00. The van der Waals surface area contributed by atoms with E-state index in [0.29, 0.717) is 0 Å². The van der Waals surface area contributed by atoms with Gasteiger partial charge < -0.3 is 5.11 Å². The van der Waals surface area contributed by atoms with Gasteiger partial charge in [-0.25, -0.2) is 0 Å². The molecule has 1 heteroatoms. The van der Waals surface area contributed by atoms with Crippen molar-refractivity contribution >= 4 is 0 Å². The topological polar surface area (TPSA) is 20.2 Å². The first-order valence-electron chi connectivity index (χ1n) is 8.18. The van der Waals surface area contributed by atoms with E-state index < -0.39 is 0 Å². The van der Waals surface area contributed by atoms with Crippen molar-refractivity contribution in [2.45, 2.75) is 104 Å². The van der Waals surface area contributed by atoms with Crippen LogP contribution in [0.15, 0.2) is 0 Å². The molecule has 0 bridgehead atoms. The zero-order chi connectivity index (χ0) is 13.9. The third-order valence-corrected chi connectivity index (χ3v) is 4.31. The Kier molecular flexibility index (Phi) is 10.8. The molecule has 0 aliphatic rings. The van der Waals surface area contributed by atoms with Crippen molar-refractivity contribution in [3.05, 3.63) is 0 Å². The molecule has 0 radical (unpaired) electrons. The summed E-state index contributed by atoms with van der Waals surface area (Å²) >= 11 is 0. The Morgan fingerprint density at radius 3 is 1.56 bits per heavy atom. The second-order valence-electron chi connectivity index (χ2n) is 6.60. The maximum absolute atomic E-state index is 9.62. The van der Waals surface area contributed by atoms with E-state index in [4.69, 9.17) is 0 Å². The third-order valence-electron chi connectivity index (χ3n) is 4.31. The molecule has 0 aromatic rings. The Bertz CT molecular complexity index is 172. The van der Waals surface area contributed by atoms with Crippen LogP contribution in [0.5, 0.6) is 0 Å². The fourth-order valence-corrected chi connectivity index (χ4v) is 2.28. The van der Waals surface area contributed by atoms with Gasteiger partial charge in [0.15, 0.2) is 0 Å². The molecule has 0 rings (SSSR count). The first kappa shape index (κ1) is 18.0. The molecule has 1 nitrogen and oxygen atoms in total. The van der Waals surface area contributed by atoms with Gasteiger partial charge in [-0.1, -0.05) is 85.0 Å². The molecule has 0 fully saturated rings. The van der Waals surface area contributed by atoms with Crippen LogP contribution in [-0.4, -0.2) is 11.2 Å². The molecular weight excluding hydrogens is 220 g/mol. The average Bonchev–Trinajstić information content (AvgIpc) is 2.31. The molecular formula is C17H36O. The van der Waals surface area contributed by atoms with Gasteiger partial charge in [0, 0.05) is 0 Å². The number of aliphatic hydroxyl groups is 1. The van der Waals surface area contributed by atoms with Gasteiger partial charge in [-0.2, -0.15) is 0 Å². The number of hydrogen-bond donors (Lipinski definition) is 1. The summed E-state index contributed by atoms with van der Waals surface area (Å²) in [7, 11) is 0. The summed E-state index contributed by atoms with van der Waals surface area (Å²) in [5.74, 6) is 0. The molecule has 0 saturated carbocycles. The van der Waals surface area contributed by atoms with Crippen LogP contribution in [0, 0.1) is 5.41 Å². The highest BCUT2D eigenvalue weighted by Crippen LogP contribution is 2.27. The smallest absolute Gasteiger partial charge is 0.0563 e. The predicted molar refractivity (Wildman–Crippen MR) is 81.9 cm³/mol. The fourth-order valence-electron chi connectivity index (χ4n) is 2.28. The number of hydrogen-bond acceptors (Lipinski definition) is 1. The SMILES string of the molecule is CCCCCCCCCCCCC(C)(C)C(C)O. The first-order valence-corrected chi connectivity index (χ1v) is 8.18. The zero-order valence-corrected chi connectivity index (χ0v) is 13.3. The highest BCUT2D eigenvalue weighted by molar-refractivity contribution is 4.73. The minimum absolute atomic E-state index is 0.0974. The predicted octanol–water partition coefficient (Wildman–Crippen LogP) is 5.70. The Labute approximate surface area is 115 Å². The molecule has 1 unspecified atom stereocenters. The monoisotopic (exact) mass is 256 g/mol. The highest BCUT2D eigenvalue weighted by atomic mass is 16.3. The van der Waals surface area contributed by atoms with Gasteiger partial charge in [-0.05, 0) is 18.8 Å². The largest absolute Gasteiger partial charge is 0.393 e. The van der Waals surface area contributed by atoms with Crippen LogP contribution in [0.3, 0.4) is 0 Å². The van der Waals surface area contributed by atoms with Crippen LogP contribution in [0.25, 0.3) is 0 Å². The van der Waals surface area contributed by atoms with Crippen molar-refractivity contribution in [2.75, 3.05) is 0 Å². The van der Waals surface area contributed by atoms with E-state index >= 15 is 0 Å². The molecule has 0 aliphatic carbocycles. The molecule has 0 saturated heterocycles.